The van der Waals surface area contributed by atoms with E-state index >= 15 is 0 Å². The summed E-state index contributed by atoms with van der Waals surface area (Å²) in [6, 6.07) is 10.0. The van der Waals surface area contributed by atoms with Crippen LogP contribution in [-0.2, 0) is 16.3 Å². The zero-order valence-electron chi connectivity index (χ0n) is 12.9. The minimum atomic E-state index is -3.62. The molecule has 0 amide bonds. The fourth-order valence-electron chi connectivity index (χ4n) is 2.31. The second kappa shape index (κ2) is 9.25. The SMILES string of the molecule is CC(CCc1ccccc1)CCS(=O)(=O)C(CO)C(O)CO. The smallest absolute Gasteiger partial charge is 0.158 e. The lowest BCUT2D eigenvalue weighted by molar-refractivity contribution is 0.0750. The van der Waals surface area contributed by atoms with Gasteiger partial charge in [-0.25, -0.2) is 8.42 Å². The molecule has 1 aromatic carbocycles. The normalized spacial score (nSPS) is 16.2. The Morgan fingerprint density at radius 2 is 1.68 bits per heavy atom. The number of hydrogen-bond acceptors (Lipinski definition) is 5. The van der Waals surface area contributed by atoms with E-state index in [4.69, 9.17) is 10.2 Å². The molecule has 0 spiro atoms. The van der Waals surface area contributed by atoms with Crippen LogP contribution in [0.3, 0.4) is 0 Å². The predicted octanol–water partition coefficient (Wildman–Crippen LogP) is 0.774. The summed E-state index contributed by atoms with van der Waals surface area (Å²) in [5, 5.41) is 26.2. The Morgan fingerprint density at radius 1 is 1.05 bits per heavy atom. The third-order valence-electron chi connectivity index (χ3n) is 3.92. The molecule has 5 nitrogen and oxygen atoms in total. The van der Waals surface area contributed by atoms with Gasteiger partial charge in [-0.15, -0.1) is 0 Å². The third-order valence-corrected chi connectivity index (χ3v) is 6.11. The minimum Gasteiger partial charge on any atom is -0.395 e. The number of rotatable bonds is 10. The monoisotopic (exact) mass is 330 g/mol. The van der Waals surface area contributed by atoms with Crippen molar-refractivity contribution in [2.24, 2.45) is 5.92 Å². The maximum Gasteiger partial charge on any atom is 0.158 e. The van der Waals surface area contributed by atoms with Crippen molar-refractivity contribution in [3.05, 3.63) is 35.9 Å². The summed E-state index contributed by atoms with van der Waals surface area (Å²) in [5.74, 6) is 0.131. The lowest BCUT2D eigenvalue weighted by Crippen LogP contribution is -2.41. The first-order valence-electron chi connectivity index (χ1n) is 7.56. The molecule has 126 valence electrons. The lowest BCUT2D eigenvalue weighted by Gasteiger charge is -2.20. The molecule has 3 N–H and O–H groups in total. The van der Waals surface area contributed by atoms with Crippen molar-refractivity contribution in [3.63, 3.8) is 0 Å². The van der Waals surface area contributed by atoms with Crippen LogP contribution in [0.25, 0.3) is 0 Å². The van der Waals surface area contributed by atoms with Crippen LogP contribution in [0.5, 0.6) is 0 Å². The second-order valence-corrected chi connectivity index (χ2v) is 8.10. The molecule has 0 saturated heterocycles. The molecule has 6 heteroatoms. The average molecular weight is 330 g/mol. The zero-order valence-corrected chi connectivity index (χ0v) is 13.7. The summed E-state index contributed by atoms with van der Waals surface area (Å²) in [6.45, 7) is 0.644. The van der Waals surface area contributed by atoms with Crippen molar-refractivity contribution in [2.45, 2.75) is 37.5 Å². The van der Waals surface area contributed by atoms with E-state index in [1.165, 1.54) is 5.56 Å². The molecule has 0 aliphatic carbocycles. The van der Waals surface area contributed by atoms with Crippen LogP contribution in [0, 0.1) is 5.92 Å². The topological polar surface area (TPSA) is 94.8 Å². The highest BCUT2D eigenvalue weighted by molar-refractivity contribution is 7.92. The van der Waals surface area contributed by atoms with E-state index in [0.29, 0.717) is 6.42 Å². The van der Waals surface area contributed by atoms with Gasteiger partial charge in [0.1, 0.15) is 5.25 Å². The highest BCUT2D eigenvalue weighted by Crippen LogP contribution is 2.16. The Hall–Kier alpha value is -0.950. The van der Waals surface area contributed by atoms with Crippen molar-refractivity contribution in [1.29, 1.82) is 0 Å². The maximum absolute atomic E-state index is 12.1. The highest BCUT2D eigenvalue weighted by Gasteiger charge is 2.31. The molecular weight excluding hydrogens is 304 g/mol. The summed E-state index contributed by atoms with van der Waals surface area (Å²) in [5.41, 5.74) is 1.22. The lowest BCUT2D eigenvalue weighted by atomic mass is 9.99. The third kappa shape index (κ3) is 6.04. The Balaban J connectivity index is 2.46. The fraction of sp³-hybridized carbons (Fsp3) is 0.625. The number of aliphatic hydroxyl groups is 3. The van der Waals surface area contributed by atoms with E-state index in [1.807, 2.05) is 37.3 Å². The van der Waals surface area contributed by atoms with Crippen molar-refractivity contribution in [2.75, 3.05) is 19.0 Å². The number of hydrogen-bond donors (Lipinski definition) is 3. The quantitative estimate of drug-likeness (QED) is 0.589. The van der Waals surface area contributed by atoms with Gasteiger partial charge in [-0.05, 0) is 30.7 Å². The van der Waals surface area contributed by atoms with E-state index in [1.54, 1.807) is 0 Å². The number of sulfone groups is 1. The van der Waals surface area contributed by atoms with Crippen LogP contribution < -0.4 is 0 Å². The van der Waals surface area contributed by atoms with Gasteiger partial charge in [0.2, 0.25) is 0 Å². The Morgan fingerprint density at radius 3 is 2.23 bits per heavy atom. The molecule has 0 aromatic heterocycles. The Bertz CT molecular complexity index is 515. The molecule has 3 unspecified atom stereocenters. The number of aryl methyl sites for hydroxylation is 1. The molecule has 0 fully saturated rings. The fourth-order valence-corrected chi connectivity index (χ4v) is 4.14. The van der Waals surface area contributed by atoms with E-state index in [0.717, 1.165) is 12.8 Å². The molecule has 0 saturated carbocycles. The van der Waals surface area contributed by atoms with Gasteiger partial charge in [-0.1, -0.05) is 37.3 Å². The highest BCUT2D eigenvalue weighted by atomic mass is 32.2. The standard InChI is InChI=1S/C16H26O5S/c1-13(7-8-14-5-3-2-4-6-14)9-10-22(20,21)16(12-18)15(19)11-17/h2-6,13,15-19H,7-12H2,1H3. The molecule has 22 heavy (non-hydrogen) atoms. The van der Waals surface area contributed by atoms with Gasteiger partial charge < -0.3 is 15.3 Å². The van der Waals surface area contributed by atoms with E-state index in [9.17, 15) is 13.5 Å². The molecule has 3 atom stereocenters. The average Bonchev–Trinajstić information content (AvgIpc) is 2.52. The summed E-state index contributed by atoms with van der Waals surface area (Å²) in [4.78, 5) is 0. The first-order chi connectivity index (χ1) is 10.4. The summed E-state index contributed by atoms with van der Waals surface area (Å²) < 4.78 is 24.2. The Labute approximate surface area is 132 Å². The molecule has 1 aromatic rings. The van der Waals surface area contributed by atoms with Crippen molar-refractivity contribution in [1.82, 2.24) is 0 Å². The van der Waals surface area contributed by atoms with Crippen LogP contribution in [0.2, 0.25) is 0 Å². The summed E-state index contributed by atoms with van der Waals surface area (Å²) >= 11 is 0. The van der Waals surface area contributed by atoms with Gasteiger partial charge in [-0.2, -0.15) is 0 Å². The van der Waals surface area contributed by atoms with Crippen LogP contribution in [0.15, 0.2) is 30.3 Å². The summed E-state index contributed by atoms with van der Waals surface area (Å²) in [7, 11) is -3.62. The first-order valence-corrected chi connectivity index (χ1v) is 9.27. The second-order valence-electron chi connectivity index (χ2n) is 5.76. The van der Waals surface area contributed by atoms with Crippen LogP contribution in [-0.4, -0.2) is 54.1 Å². The van der Waals surface area contributed by atoms with Gasteiger partial charge in [0, 0.05) is 0 Å². The van der Waals surface area contributed by atoms with Gasteiger partial charge in [0.05, 0.1) is 25.1 Å². The first kappa shape index (κ1) is 19.1. The largest absolute Gasteiger partial charge is 0.395 e. The number of aliphatic hydroxyl groups excluding tert-OH is 3. The predicted molar refractivity (Wildman–Crippen MR) is 86.3 cm³/mol. The Kier molecular flexibility index (Phi) is 8.03. The van der Waals surface area contributed by atoms with Gasteiger partial charge in [0.15, 0.2) is 9.84 Å². The molecule has 0 aliphatic heterocycles. The molecular formula is C16H26O5S. The van der Waals surface area contributed by atoms with E-state index in [-0.39, 0.29) is 11.7 Å². The van der Waals surface area contributed by atoms with Crippen molar-refractivity contribution in [3.8, 4) is 0 Å². The van der Waals surface area contributed by atoms with E-state index < -0.39 is 34.4 Å². The van der Waals surface area contributed by atoms with Crippen LogP contribution >= 0.6 is 0 Å². The molecule has 0 radical (unpaired) electrons. The van der Waals surface area contributed by atoms with E-state index in [2.05, 4.69) is 0 Å². The van der Waals surface area contributed by atoms with Gasteiger partial charge in [0.25, 0.3) is 0 Å². The maximum atomic E-state index is 12.1. The summed E-state index contributed by atoms with van der Waals surface area (Å²) in [6.07, 6.45) is 0.815. The number of benzene rings is 1. The zero-order chi connectivity index (χ0) is 16.6. The van der Waals surface area contributed by atoms with Gasteiger partial charge >= 0.3 is 0 Å². The molecule has 0 bridgehead atoms. The van der Waals surface area contributed by atoms with Crippen molar-refractivity contribution >= 4 is 9.84 Å². The van der Waals surface area contributed by atoms with Gasteiger partial charge in [-0.3, -0.25) is 0 Å². The molecule has 0 heterocycles. The van der Waals surface area contributed by atoms with Crippen LogP contribution in [0.4, 0.5) is 0 Å². The van der Waals surface area contributed by atoms with Crippen LogP contribution in [0.1, 0.15) is 25.3 Å². The minimum absolute atomic E-state index is 0.0920. The van der Waals surface area contributed by atoms with Crippen molar-refractivity contribution < 1.29 is 23.7 Å². The molecule has 1 rings (SSSR count). The molecule has 0 aliphatic rings.